The van der Waals surface area contributed by atoms with Gasteiger partial charge in [-0.25, -0.2) is 13.6 Å². The van der Waals surface area contributed by atoms with E-state index in [1.165, 1.54) is 18.2 Å². The third-order valence-corrected chi connectivity index (χ3v) is 3.16. The molecule has 6 heteroatoms. The third kappa shape index (κ3) is 2.55. The lowest BCUT2D eigenvalue weighted by Gasteiger charge is -2.09. The molecular weight excluding hydrogens is 297 g/mol. The number of halogens is 4. The third-order valence-electron chi connectivity index (χ3n) is 2.53. The van der Waals surface area contributed by atoms with Crippen LogP contribution in [-0.4, -0.2) is 11.1 Å². The van der Waals surface area contributed by atoms with Crippen LogP contribution in [0.2, 0.25) is 10.0 Å². The van der Waals surface area contributed by atoms with Gasteiger partial charge in [-0.1, -0.05) is 29.3 Å². The number of rotatable bonds is 2. The summed E-state index contributed by atoms with van der Waals surface area (Å²) >= 11 is 11.7. The highest BCUT2D eigenvalue weighted by atomic mass is 35.5. The van der Waals surface area contributed by atoms with Gasteiger partial charge in [0.25, 0.3) is 0 Å². The Labute approximate surface area is 117 Å². The van der Waals surface area contributed by atoms with Gasteiger partial charge in [-0.2, -0.15) is 0 Å². The zero-order chi connectivity index (χ0) is 14.2. The summed E-state index contributed by atoms with van der Waals surface area (Å²) in [4.78, 5) is 10.8. The van der Waals surface area contributed by atoms with Crippen LogP contribution >= 0.6 is 23.2 Å². The van der Waals surface area contributed by atoms with Crippen LogP contribution in [0.4, 0.5) is 8.78 Å². The van der Waals surface area contributed by atoms with E-state index in [0.29, 0.717) is 0 Å². The van der Waals surface area contributed by atoms with E-state index in [2.05, 4.69) is 0 Å². The zero-order valence-corrected chi connectivity index (χ0v) is 10.8. The fourth-order valence-corrected chi connectivity index (χ4v) is 2.15. The van der Waals surface area contributed by atoms with Crippen molar-refractivity contribution in [2.24, 2.45) is 0 Å². The molecule has 0 aromatic heterocycles. The molecule has 0 aliphatic carbocycles. The first-order valence-electron chi connectivity index (χ1n) is 5.08. The van der Waals surface area contributed by atoms with Crippen LogP contribution in [0.1, 0.15) is 10.4 Å². The molecule has 0 saturated heterocycles. The SMILES string of the molecule is O=C(O)c1ccc(-c2c(Cl)ccc(F)c2F)c(Cl)c1. The average Bonchev–Trinajstić information content (AvgIpc) is 2.36. The predicted molar refractivity (Wildman–Crippen MR) is 68.8 cm³/mol. The number of carbonyl (C=O) groups is 1. The Bertz CT molecular complexity index is 672. The molecule has 0 heterocycles. The minimum atomic E-state index is -1.17. The van der Waals surface area contributed by atoms with Crippen LogP contribution < -0.4 is 0 Å². The van der Waals surface area contributed by atoms with Gasteiger partial charge < -0.3 is 5.11 Å². The highest BCUT2D eigenvalue weighted by Crippen LogP contribution is 2.36. The number of aromatic carboxylic acids is 1. The number of hydrogen-bond acceptors (Lipinski definition) is 1. The minimum absolute atomic E-state index is 0.0103. The molecule has 1 N–H and O–H groups in total. The highest BCUT2D eigenvalue weighted by Gasteiger charge is 2.17. The molecule has 0 aliphatic heterocycles. The Morgan fingerprint density at radius 3 is 2.32 bits per heavy atom. The van der Waals surface area contributed by atoms with Crippen molar-refractivity contribution in [1.82, 2.24) is 0 Å². The van der Waals surface area contributed by atoms with Gasteiger partial charge in [-0.15, -0.1) is 0 Å². The van der Waals surface area contributed by atoms with E-state index in [0.717, 1.165) is 12.1 Å². The number of hydrogen-bond donors (Lipinski definition) is 1. The van der Waals surface area contributed by atoms with Crippen molar-refractivity contribution in [3.63, 3.8) is 0 Å². The quantitative estimate of drug-likeness (QED) is 0.821. The summed E-state index contributed by atoms with van der Waals surface area (Å²) in [6.45, 7) is 0. The van der Waals surface area contributed by atoms with Crippen LogP contribution in [0.3, 0.4) is 0 Å². The topological polar surface area (TPSA) is 37.3 Å². The summed E-state index contributed by atoms with van der Waals surface area (Å²) in [5.74, 6) is -3.35. The molecule has 0 fully saturated rings. The van der Waals surface area contributed by atoms with Crippen LogP contribution in [-0.2, 0) is 0 Å². The lowest BCUT2D eigenvalue weighted by atomic mass is 10.0. The van der Waals surface area contributed by atoms with Crippen molar-refractivity contribution in [3.8, 4) is 11.1 Å². The second-order valence-corrected chi connectivity index (χ2v) is 4.53. The molecule has 0 atom stereocenters. The summed E-state index contributed by atoms with van der Waals surface area (Å²) in [7, 11) is 0. The first-order chi connectivity index (χ1) is 8.91. The number of carboxylic acids is 1. The van der Waals surface area contributed by atoms with Crippen LogP contribution in [0, 0.1) is 11.6 Å². The van der Waals surface area contributed by atoms with Crippen molar-refractivity contribution in [3.05, 3.63) is 57.6 Å². The highest BCUT2D eigenvalue weighted by molar-refractivity contribution is 6.36. The van der Waals surface area contributed by atoms with Gasteiger partial charge >= 0.3 is 5.97 Å². The van der Waals surface area contributed by atoms with Crippen LogP contribution in [0.15, 0.2) is 30.3 Å². The average molecular weight is 303 g/mol. The standard InChI is InChI=1S/C13H6Cl2F2O2/c14-8-3-4-10(16)12(17)11(8)7-2-1-6(13(18)19)5-9(7)15/h1-5H,(H,18,19). The number of benzene rings is 2. The zero-order valence-electron chi connectivity index (χ0n) is 9.25. The van der Waals surface area contributed by atoms with Gasteiger partial charge in [0.05, 0.1) is 10.6 Å². The largest absolute Gasteiger partial charge is 0.478 e. The lowest BCUT2D eigenvalue weighted by molar-refractivity contribution is 0.0697. The minimum Gasteiger partial charge on any atom is -0.478 e. The molecule has 2 aromatic carbocycles. The molecule has 0 saturated carbocycles. The van der Waals surface area contributed by atoms with Gasteiger partial charge in [0.1, 0.15) is 0 Å². The van der Waals surface area contributed by atoms with Gasteiger partial charge in [0, 0.05) is 16.1 Å². The van der Waals surface area contributed by atoms with Crippen molar-refractivity contribution < 1.29 is 18.7 Å². The van der Waals surface area contributed by atoms with Gasteiger partial charge in [-0.3, -0.25) is 0 Å². The fraction of sp³-hybridized carbons (Fsp3) is 0. The molecule has 0 spiro atoms. The second-order valence-electron chi connectivity index (χ2n) is 3.72. The van der Waals surface area contributed by atoms with Crippen molar-refractivity contribution in [2.45, 2.75) is 0 Å². The molecule has 0 radical (unpaired) electrons. The smallest absolute Gasteiger partial charge is 0.335 e. The summed E-state index contributed by atoms with van der Waals surface area (Å²) in [5.41, 5.74) is -0.112. The summed E-state index contributed by atoms with van der Waals surface area (Å²) < 4.78 is 27.0. The van der Waals surface area contributed by atoms with E-state index in [1.807, 2.05) is 0 Å². The Balaban J connectivity index is 2.66. The van der Waals surface area contributed by atoms with E-state index in [-0.39, 0.29) is 26.7 Å². The van der Waals surface area contributed by atoms with Crippen molar-refractivity contribution >= 4 is 29.2 Å². The molecule has 2 aromatic rings. The first-order valence-corrected chi connectivity index (χ1v) is 5.84. The second kappa shape index (κ2) is 5.15. The van der Waals surface area contributed by atoms with Crippen molar-refractivity contribution in [2.75, 3.05) is 0 Å². The van der Waals surface area contributed by atoms with E-state index >= 15 is 0 Å². The van der Waals surface area contributed by atoms with Crippen molar-refractivity contribution in [1.29, 1.82) is 0 Å². The molecule has 2 rings (SSSR count). The fourth-order valence-electron chi connectivity index (χ4n) is 1.62. The lowest BCUT2D eigenvalue weighted by Crippen LogP contribution is -1.97. The number of carboxylic acid groups (broad SMARTS) is 1. The molecule has 0 unspecified atom stereocenters. The maximum absolute atomic E-state index is 13.8. The van der Waals surface area contributed by atoms with Gasteiger partial charge in [-0.05, 0) is 24.3 Å². The maximum Gasteiger partial charge on any atom is 0.335 e. The van der Waals surface area contributed by atoms with Gasteiger partial charge in [0.2, 0.25) is 0 Å². The molecule has 0 bridgehead atoms. The summed E-state index contributed by atoms with van der Waals surface area (Å²) in [5, 5.41) is 8.77. The predicted octanol–water partition coefficient (Wildman–Crippen LogP) is 4.64. The Kier molecular flexibility index (Phi) is 3.73. The van der Waals surface area contributed by atoms with Crippen LogP contribution in [0.25, 0.3) is 11.1 Å². The molecule has 19 heavy (non-hydrogen) atoms. The maximum atomic E-state index is 13.8. The van der Waals surface area contributed by atoms with E-state index in [1.54, 1.807) is 0 Å². The molecular formula is C13H6Cl2F2O2. The Morgan fingerprint density at radius 2 is 1.74 bits per heavy atom. The van der Waals surface area contributed by atoms with E-state index in [9.17, 15) is 13.6 Å². The monoisotopic (exact) mass is 302 g/mol. The molecule has 2 nitrogen and oxygen atoms in total. The summed E-state index contributed by atoms with van der Waals surface area (Å²) in [6, 6.07) is 5.79. The summed E-state index contributed by atoms with van der Waals surface area (Å²) in [6.07, 6.45) is 0. The molecule has 98 valence electrons. The normalized spacial score (nSPS) is 10.5. The van der Waals surface area contributed by atoms with Crippen LogP contribution in [0.5, 0.6) is 0 Å². The Hall–Kier alpha value is -1.65. The van der Waals surface area contributed by atoms with Gasteiger partial charge in [0.15, 0.2) is 11.6 Å². The molecule has 0 amide bonds. The van der Waals surface area contributed by atoms with E-state index in [4.69, 9.17) is 28.3 Å². The molecule has 0 aliphatic rings. The Morgan fingerprint density at radius 1 is 1.05 bits per heavy atom. The van der Waals surface area contributed by atoms with E-state index < -0.39 is 17.6 Å². The first kappa shape index (κ1) is 13.8.